The largest absolute Gasteiger partial charge is 0.497 e. The first-order valence-electron chi connectivity index (χ1n) is 7.23. The molecule has 0 unspecified atom stereocenters. The van der Waals surface area contributed by atoms with E-state index >= 15 is 0 Å². The zero-order valence-corrected chi connectivity index (χ0v) is 14.1. The normalized spacial score (nSPS) is 15.9. The van der Waals surface area contributed by atoms with Gasteiger partial charge in [0.25, 0.3) is 5.91 Å². The van der Waals surface area contributed by atoms with E-state index in [2.05, 4.69) is 0 Å². The smallest absolute Gasteiger partial charge is 0.271 e. The molecule has 1 amide bonds. The second kappa shape index (κ2) is 6.80. The molecule has 1 aliphatic heterocycles. The molecule has 1 saturated heterocycles. The molecule has 6 heteroatoms. The molecule has 1 N–H and O–H groups in total. The number of nitrogens with one attached hydrogen (secondary N) is 1. The van der Waals surface area contributed by atoms with E-state index in [1.807, 2.05) is 24.3 Å². The molecule has 0 radical (unpaired) electrons. The van der Waals surface area contributed by atoms with Gasteiger partial charge < -0.3 is 9.47 Å². The molecule has 2 aromatic carbocycles. The summed E-state index contributed by atoms with van der Waals surface area (Å²) in [6.07, 6.45) is 1.78. The van der Waals surface area contributed by atoms with Gasteiger partial charge in [-0.15, -0.1) is 0 Å². The van der Waals surface area contributed by atoms with Crippen LogP contribution >= 0.6 is 11.8 Å². The number of carbonyl (C=O) groups excluding carboxylic acids is 1. The predicted molar refractivity (Wildman–Crippen MR) is 96.8 cm³/mol. The average molecular weight is 340 g/mol. The van der Waals surface area contributed by atoms with Crippen LogP contribution in [-0.4, -0.2) is 25.3 Å². The van der Waals surface area contributed by atoms with Gasteiger partial charge in [0.2, 0.25) is 0 Å². The second-order valence-corrected chi connectivity index (χ2v) is 6.06. The highest BCUT2D eigenvalue weighted by atomic mass is 32.2. The molecule has 24 heavy (non-hydrogen) atoms. The van der Waals surface area contributed by atoms with Gasteiger partial charge in [-0.25, -0.2) is 0 Å². The first kappa shape index (κ1) is 16.1. The van der Waals surface area contributed by atoms with E-state index in [1.54, 1.807) is 44.6 Å². The summed E-state index contributed by atoms with van der Waals surface area (Å²) in [6.45, 7) is 0. The molecule has 5 nitrogen and oxygen atoms in total. The third-order valence-electron chi connectivity index (χ3n) is 3.57. The van der Waals surface area contributed by atoms with Crippen LogP contribution in [0.2, 0.25) is 0 Å². The minimum Gasteiger partial charge on any atom is -0.497 e. The van der Waals surface area contributed by atoms with E-state index in [0.717, 1.165) is 23.1 Å². The lowest BCUT2D eigenvalue weighted by Crippen LogP contribution is -2.27. The summed E-state index contributed by atoms with van der Waals surface area (Å²) < 4.78 is 10.2. The van der Waals surface area contributed by atoms with Gasteiger partial charge in [0.15, 0.2) is 5.17 Å². The quantitative estimate of drug-likeness (QED) is 0.861. The van der Waals surface area contributed by atoms with Crippen LogP contribution in [0.25, 0.3) is 6.08 Å². The molecule has 122 valence electrons. The van der Waals surface area contributed by atoms with Crippen molar-refractivity contribution in [1.82, 2.24) is 0 Å². The van der Waals surface area contributed by atoms with Crippen molar-refractivity contribution in [2.45, 2.75) is 0 Å². The maximum Gasteiger partial charge on any atom is 0.271 e. The molecular weight excluding hydrogens is 324 g/mol. The lowest BCUT2D eigenvalue weighted by molar-refractivity contribution is -0.113. The lowest BCUT2D eigenvalue weighted by Gasteiger charge is -2.14. The van der Waals surface area contributed by atoms with Crippen LogP contribution in [0.15, 0.2) is 53.4 Å². The minimum absolute atomic E-state index is 0.185. The summed E-state index contributed by atoms with van der Waals surface area (Å²) in [5.74, 6) is 1.26. The number of rotatable bonds is 4. The van der Waals surface area contributed by atoms with E-state index in [0.29, 0.717) is 16.3 Å². The van der Waals surface area contributed by atoms with Crippen LogP contribution in [0, 0.1) is 5.41 Å². The zero-order chi connectivity index (χ0) is 17.1. The fourth-order valence-electron chi connectivity index (χ4n) is 2.30. The molecule has 0 bridgehead atoms. The number of anilines is 1. The third-order valence-corrected chi connectivity index (χ3v) is 4.46. The SMILES string of the molecule is COc1ccc(C=C2SC(=N)N(c3ccc(OC)cc3)C2=O)cc1. The summed E-state index contributed by atoms with van der Waals surface area (Å²) >= 11 is 1.15. The number of carbonyl (C=O) groups is 1. The highest BCUT2D eigenvalue weighted by Crippen LogP contribution is 2.35. The molecule has 2 aromatic rings. The van der Waals surface area contributed by atoms with Gasteiger partial charge in [0, 0.05) is 0 Å². The summed E-state index contributed by atoms with van der Waals surface area (Å²) in [4.78, 5) is 14.5. The number of amidine groups is 1. The van der Waals surface area contributed by atoms with Crippen LogP contribution in [0.4, 0.5) is 5.69 Å². The molecule has 0 aliphatic carbocycles. The zero-order valence-electron chi connectivity index (χ0n) is 13.3. The monoisotopic (exact) mass is 340 g/mol. The predicted octanol–water partition coefficient (Wildman–Crippen LogP) is 3.76. The van der Waals surface area contributed by atoms with Gasteiger partial charge in [0.1, 0.15) is 11.5 Å². The van der Waals surface area contributed by atoms with Crippen LogP contribution < -0.4 is 14.4 Å². The van der Waals surface area contributed by atoms with Gasteiger partial charge >= 0.3 is 0 Å². The Labute approximate surface area is 144 Å². The van der Waals surface area contributed by atoms with Crippen molar-refractivity contribution in [3.63, 3.8) is 0 Å². The first-order chi connectivity index (χ1) is 11.6. The van der Waals surface area contributed by atoms with Crippen LogP contribution in [0.1, 0.15) is 5.56 Å². The summed E-state index contributed by atoms with van der Waals surface area (Å²) in [7, 11) is 3.20. The Kier molecular flexibility index (Phi) is 4.57. The molecule has 0 atom stereocenters. The van der Waals surface area contributed by atoms with Crippen molar-refractivity contribution in [3.8, 4) is 11.5 Å². The van der Waals surface area contributed by atoms with E-state index in [9.17, 15) is 4.79 Å². The molecule has 1 heterocycles. The van der Waals surface area contributed by atoms with E-state index in [4.69, 9.17) is 14.9 Å². The van der Waals surface area contributed by atoms with Crippen molar-refractivity contribution < 1.29 is 14.3 Å². The summed E-state index contributed by atoms with van der Waals surface area (Å²) in [5.41, 5.74) is 1.53. The summed E-state index contributed by atoms with van der Waals surface area (Å²) in [6, 6.07) is 14.5. The molecule has 0 saturated carbocycles. The Hall–Kier alpha value is -2.73. The van der Waals surface area contributed by atoms with Crippen molar-refractivity contribution in [3.05, 3.63) is 59.0 Å². The first-order valence-corrected chi connectivity index (χ1v) is 8.04. The lowest BCUT2D eigenvalue weighted by atomic mass is 10.2. The maximum atomic E-state index is 12.6. The van der Waals surface area contributed by atoms with E-state index in [-0.39, 0.29) is 11.1 Å². The third kappa shape index (κ3) is 3.14. The highest BCUT2D eigenvalue weighted by Gasteiger charge is 2.33. The van der Waals surface area contributed by atoms with Crippen LogP contribution in [0.3, 0.4) is 0 Å². The molecule has 0 spiro atoms. The molecule has 1 aliphatic rings. The Morgan fingerprint density at radius 3 is 2.04 bits per heavy atom. The Bertz CT molecular complexity index is 798. The number of hydrogen-bond donors (Lipinski definition) is 1. The fourth-order valence-corrected chi connectivity index (χ4v) is 3.17. The second-order valence-electron chi connectivity index (χ2n) is 5.03. The molecular formula is C18H16N2O3S. The van der Waals surface area contributed by atoms with Gasteiger partial charge in [-0.2, -0.15) is 0 Å². The topological polar surface area (TPSA) is 62.6 Å². The number of nitrogens with zero attached hydrogens (tertiary/aromatic N) is 1. The Balaban J connectivity index is 1.85. The molecule has 3 rings (SSSR count). The number of methoxy groups -OCH3 is 2. The van der Waals surface area contributed by atoms with E-state index < -0.39 is 0 Å². The average Bonchev–Trinajstić information content (AvgIpc) is 2.89. The minimum atomic E-state index is -0.203. The number of thioether (sulfide) groups is 1. The number of ether oxygens (including phenoxy) is 2. The van der Waals surface area contributed by atoms with Gasteiger partial charge in [-0.1, -0.05) is 12.1 Å². The van der Waals surface area contributed by atoms with Crippen molar-refractivity contribution in [2.75, 3.05) is 19.1 Å². The Morgan fingerprint density at radius 2 is 1.50 bits per heavy atom. The molecule has 0 aromatic heterocycles. The van der Waals surface area contributed by atoms with Gasteiger partial charge in [-0.3, -0.25) is 15.1 Å². The number of hydrogen-bond acceptors (Lipinski definition) is 5. The van der Waals surface area contributed by atoms with Crippen molar-refractivity contribution in [2.24, 2.45) is 0 Å². The van der Waals surface area contributed by atoms with Crippen LogP contribution in [0.5, 0.6) is 11.5 Å². The number of amides is 1. The Morgan fingerprint density at radius 1 is 0.958 bits per heavy atom. The standard InChI is InChI=1S/C18H16N2O3S/c1-22-14-7-3-12(4-8-14)11-16-17(21)20(18(19)24-16)13-5-9-15(23-2)10-6-13/h3-11,19H,1-2H3. The highest BCUT2D eigenvalue weighted by molar-refractivity contribution is 8.19. The van der Waals surface area contributed by atoms with Crippen LogP contribution in [-0.2, 0) is 4.79 Å². The van der Waals surface area contributed by atoms with Crippen molar-refractivity contribution >= 4 is 34.6 Å². The maximum absolute atomic E-state index is 12.6. The number of benzene rings is 2. The fraction of sp³-hybridized carbons (Fsp3) is 0.111. The summed E-state index contributed by atoms with van der Waals surface area (Å²) in [5, 5.41) is 8.29. The van der Waals surface area contributed by atoms with Gasteiger partial charge in [0.05, 0.1) is 24.8 Å². The van der Waals surface area contributed by atoms with E-state index in [1.165, 1.54) is 4.90 Å². The van der Waals surface area contributed by atoms with Crippen molar-refractivity contribution in [1.29, 1.82) is 5.41 Å². The van der Waals surface area contributed by atoms with Gasteiger partial charge in [-0.05, 0) is 59.8 Å². The molecule has 1 fully saturated rings.